The number of nitrogens with two attached hydrogens (primary N) is 1. The highest BCUT2D eigenvalue weighted by atomic mass is 16.5. The zero-order valence-electron chi connectivity index (χ0n) is 13.1. The van der Waals surface area contributed by atoms with Crippen molar-refractivity contribution in [3.63, 3.8) is 0 Å². The van der Waals surface area contributed by atoms with Gasteiger partial charge in [0.15, 0.2) is 0 Å². The summed E-state index contributed by atoms with van der Waals surface area (Å²) < 4.78 is 5.25. The van der Waals surface area contributed by atoms with Crippen LogP contribution in [0.2, 0.25) is 0 Å². The summed E-state index contributed by atoms with van der Waals surface area (Å²) in [6.45, 7) is 4.27. The third-order valence-corrected chi connectivity index (χ3v) is 3.18. The Morgan fingerprint density at radius 1 is 1.27 bits per heavy atom. The Morgan fingerprint density at radius 2 is 1.91 bits per heavy atom. The van der Waals surface area contributed by atoms with Gasteiger partial charge in [-0.05, 0) is 17.9 Å². The molecule has 0 heterocycles. The third kappa shape index (κ3) is 6.58. The molecule has 1 aromatic rings. The molecule has 22 heavy (non-hydrogen) atoms. The van der Waals surface area contributed by atoms with E-state index in [0.717, 1.165) is 5.56 Å². The van der Waals surface area contributed by atoms with Gasteiger partial charge in [0, 0.05) is 6.54 Å². The fourth-order valence-electron chi connectivity index (χ4n) is 2.26. The minimum atomic E-state index is -1.00. The molecule has 2 amide bonds. The van der Waals surface area contributed by atoms with E-state index in [-0.39, 0.29) is 25.8 Å². The van der Waals surface area contributed by atoms with E-state index in [4.69, 9.17) is 10.5 Å². The molecule has 1 rings (SSSR count). The van der Waals surface area contributed by atoms with Crippen molar-refractivity contribution in [1.82, 2.24) is 4.90 Å². The van der Waals surface area contributed by atoms with Crippen LogP contribution in [-0.2, 0) is 16.1 Å². The summed E-state index contributed by atoms with van der Waals surface area (Å²) in [5.74, 6) is -0.256. The van der Waals surface area contributed by atoms with Gasteiger partial charge in [0.05, 0.1) is 12.6 Å². The van der Waals surface area contributed by atoms with E-state index in [9.17, 15) is 14.7 Å². The number of benzene rings is 1. The van der Waals surface area contributed by atoms with Gasteiger partial charge in [0.1, 0.15) is 6.61 Å². The molecule has 0 spiro atoms. The summed E-state index contributed by atoms with van der Waals surface area (Å²) in [7, 11) is 0. The van der Waals surface area contributed by atoms with Gasteiger partial charge >= 0.3 is 6.09 Å². The van der Waals surface area contributed by atoms with Gasteiger partial charge in [-0.1, -0.05) is 44.2 Å². The lowest BCUT2D eigenvalue weighted by molar-refractivity contribution is -0.123. The summed E-state index contributed by atoms with van der Waals surface area (Å²) in [6.07, 6.45) is -0.352. The van der Waals surface area contributed by atoms with Crippen molar-refractivity contribution in [2.45, 2.75) is 32.9 Å². The Labute approximate surface area is 130 Å². The van der Waals surface area contributed by atoms with Crippen LogP contribution in [0.15, 0.2) is 30.3 Å². The summed E-state index contributed by atoms with van der Waals surface area (Å²) in [6, 6.07) is 9.07. The van der Waals surface area contributed by atoms with E-state index in [1.54, 1.807) is 0 Å². The molecule has 0 bridgehead atoms. The van der Waals surface area contributed by atoms with Crippen LogP contribution in [0.1, 0.15) is 25.8 Å². The zero-order chi connectivity index (χ0) is 16.5. The van der Waals surface area contributed by atoms with E-state index < -0.39 is 12.0 Å². The van der Waals surface area contributed by atoms with Crippen molar-refractivity contribution in [3.8, 4) is 0 Å². The number of carbonyl (C=O) groups excluding carboxylic acids is 1. The normalized spacial score (nSPS) is 12.1. The molecule has 1 unspecified atom stereocenters. The van der Waals surface area contributed by atoms with Crippen molar-refractivity contribution >= 4 is 12.0 Å². The molecule has 0 aliphatic carbocycles. The molecular formula is C16H24N2O4. The second kappa shape index (κ2) is 9.04. The maximum atomic E-state index is 11.6. The first-order valence-electron chi connectivity index (χ1n) is 7.29. The zero-order valence-corrected chi connectivity index (χ0v) is 13.1. The second-order valence-electron chi connectivity index (χ2n) is 5.66. The smallest absolute Gasteiger partial charge is 0.407 e. The van der Waals surface area contributed by atoms with Gasteiger partial charge in [-0.25, -0.2) is 4.79 Å². The van der Waals surface area contributed by atoms with Crippen LogP contribution >= 0.6 is 0 Å². The molecule has 0 aromatic heterocycles. The minimum absolute atomic E-state index is 0.153. The van der Waals surface area contributed by atoms with Crippen LogP contribution in [0.4, 0.5) is 4.79 Å². The third-order valence-electron chi connectivity index (χ3n) is 3.18. The molecule has 6 nitrogen and oxygen atoms in total. The maximum absolute atomic E-state index is 11.6. The van der Waals surface area contributed by atoms with Gasteiger partial charge in [-0.3, -0.25) is 9.69 Å². The van der Waals surface area contributed by atoms with E-state index in [1.807, 2.05) is 44.2 Å². The molecule has 0 saturated heterocycles. The molecular weight excluding hydrogens is 284 g/mol. The van der Waals surface area contributed by atoms with Crippen LogP contribution in [0.5, 0.6) is 0 Å². The lowest BCUT2D eigenvalue weighted by atomic mass is 10.0. The number of carboxylic acid groups (broad SMARTS) is 1. The van der Waals surface area contributed by atoms with Gasteiger partial charge < -0.3 is 15.6 Å². The van der Waals surface area contributed by atoms with E-state index in [0.29, 0.717) is 12.3 Å². The predicted molar refractivity (Wildman–Crippen MR) is 83.3 cm³/mol. The van der Waals surface area contributed by atoms with Crippen molar-refractivity contribution in [2.24, 2.45) is 11.7 Å². The van der Waals surface area contributed by atoms with Crippen LogP contribution in [-0.4, -0.2) is 41.3 Å². The molecule has 0 aliphatic heterocycles. The number of rotatable bonds is 9. The first-order chi connectivity index (χ1) is 10.4. The summed E-state index contributed by atoms with van der Waals surface area (Å²) in [5.41, 5.74) is 5.96. The Balaban J connectivity index is 2.79. The quantitative estimate of drug-likeness (QED) is 0.730. The monoisotopic (exact) mass is 308 g/mol. The van der Waals surface area contributed by atoms with Crippen LogP contribution in [0, 0.1) is 5.92 Å². The van der Waals surface area contributed by atoms with Crippen molar-refractivity contribution in [2.75, 3.05) is 13.2 Å². The van der Waals surface area contributed by atoms with Gasteiger partial charge in [0.25, 0.3) is 0 Å². The lowest BCUT2D eigenvalue weighted by Crippen LogP contribution is -2.43. The average Bonchev–Trinajstić information content (AvgIpc) is 2.44. The first kappa shape index (κ1) is 18.0. The van der Waals surface area contributed by atoms with E-state index >= 15 is 0 Å². The molecule has 0 aliphatic rings. The number of ether oxygens (including phenoxy) is 1. The highest BCUT2D eigenvalue weighted by Crippen LogP contribution is 2.16. The Morgan fingerprint density at radius 3 is 2.41 bits per heavy atom. The standard InChI is InChI=1S/C16H24N2O4/c1-12(2)8-14(10-22-11-15(17)19)18(16(20)21)9-13-6-4-3-5-7-13/h3-7,12,14H,8-11H2,1-2H3,(H2,17,19)(H,20,21). The van der Waals surface area contributed by atoms with Crippen molar-refractivity contribution < 1.29 is 19.4 Å². The van der Waals surface area contributed by atoms with Gasteiger partial charge in [0.2, 0.25) is 5.91 Å². The van der Waals surface area contributed by atoms with Crippen molar-refractivity contribution in [3.05, 3.63) is 35.9 Å². The highest BCUT2D eigenvalue weighted by Gasteiger charge is 2.24. The molecule has 1 atom stereocenters. The minimum Gasteiger partial charge on any atom is -0.465 e. The number of amides is 2. The van der Waals surface area contributed by atoms with E-state index in [2.05, 4.69) is 0 Å². The molecule has 122 valence electrons. The van der Waals surface area contributed by atoms with Crippen LogP contribution in [0.3, 0.4) is 0 Å². The largest absolute Gasteiger partial charge is 0.465 e. The number of primary amides is 1. The second-order valence-corrected chi connectivity index (χ2v) is 5.66. The van der Waals surface area contributed by atoms with Crippen molar-refractivity contribution in [1.29, 1.82) is 0 Å². The van der Waals surface area contributed by atoms with Gasteiger partial charge in [-0.2, -0.15) is 0 Å². The first-order valence-corrected chi connectivity index (χ1v) is 7.29. The summed E-state index contributed by atoms with van der Waals surface area (Å²) in [5, 5.41) is 9.51. The number of hydrogen-bond donors (Lipinski definition) is 2. The number of nitrogens with zero attached hydrogens (tertiary/aromatic N) is 1. The summed E-state index contributed by atoms with van der Waals surface area (Å²) >= 11 is 0. The van der Waals surface area contributed by atoms with E-state index in [1.165, 1.54) is 4.90 Å². The Kier molecular flexibility index (Phi) is 7.39. The Bertz CT molecular complexity index is 476. The lowest BCUT2D eigenvalue weighted by Gasteiger charge is -2.30. The Hall–Kier alpha value is -2.08. The molecule has 3 N–H and O–H groups in total. The molecule has 0 saturated carbocycles. The predicted octanol–water partition coefficient (Wildman–Crippen LogP) is 2.08. The SMILES string of the molecule is CC(C)CC(COCC(N)=O)N(Cc1ccccc1)C(=O)O. The fraction of sp³-hybridized carbons (Fsp3) is 0.500. The highest BCUT2D eigenvalue weighted by molar-refractivity contribution is 5.75. The number of hydrogen-bond acceptors (Lipinski definition) is 3. The van der Waals surface area contributed by atoms with Crippen LogP contribution in [0.25, 0.3) is 0 Å². The average molecular weight is 308 g/mol. The fourth-order valence-corrected chi connectivity index (χ4v) is 2.26. The summed E-state index contributed by atoms with van der Waals surface area (Å²) in [4.78, 5) is 23.7. The number of carbonyl (C=O) groups is 2. The molecule has 1 aromatic carbocycles. The van der Waals surface area contributed by atoms with Gasteiger partial charge in [-0.15, -0.1) is 0 Å². The molecule has 0 fully saturated rings. The maximum Gasteiger partial charge on any atom is 0.407 e. The molecule has 6 heteroatoms. The topological polar surface area (TPSA) is 92.9 Å². The molecule has 0 radical (unpaired) electrons. The van der Waals surface area contributed by atoms with Crippen LogP contribution < -0.4 is 5.73 Å².